The molecule has 0 spiro atoms. The molecule has 0 radical (unpaired) electrons. The van der Waals surface area contributed by atoms with Crippen LogP contribution in [0.25, 0.3) is 22.3 Å². The van der Waals surface area contributed by atoms with Crippen LogP contribution in [0.5, 0.6) is 0 Å². The monoisotopic (exact) mass is 371 g/mol. The van der Waals surface area contributed by atoms with E-state index < -0.39 is 0 Å². The molecule has 4 rings (SSSR count). The van der Waals surface area contributed by atoms with E-state index in [2.05, 4.69) is 20.9 Å². The SMILES string of the molecule is CCNc1nnc(Sc2nc(-c3ccsc3)nc3ccccc23)s1. The molecule has 0 atom stereocenters. The van der Waals surface area contributed by atoms with Crippen molar-refractivity contribution in [3.63, 3.8) is 0 Å². The summed E-state index contributed by atoms with van der Waals surface area (Å²) < 4.78 is 0.867. The van der Waals surface area contributed by atoms with Gasteiger partial charge in [-0.05, 0) is 36.2 Å². The Labute approximate surface area is 151 Å². The minimum atomic E-state index is 0.744. The Morgan fingerprint density at radius 1 is 1.12 bits per heavy atom. The number of fused-ring (bicyclic) bond motifs is 1. The summed E-state index contributed by atoms with van der Waals surface area (Å²) in [7, 11) is 0. The lowest BCUT2D eigenvalue weighted by atomic mass is 10.2. The van der Waals surface area contributed by atoms with Crippen LogP contribution in [-0.4, -0.2) is 26.7 Å². The molecule has 1 aromatic carbocycles. The van der Waals surface area contributed by atoms with Gasteiger partial charge >= 0.3 is 0 Å². The zero-order chi connectivity index (χ0) is 16.4. The fraction of sp³-hybridized carbons (Fsp3) is 0.125. The molecular weight excluding hydrogens is 358 g/mol. The van der Waals surface area contributed by atoms with Crippen molar-refractivity contribution < 1.29 is 0 Å². The largest absolute Gasteiger partial charge is 0.360 e. The zero-order valence-corrected chi connectivity index (χ0v) is 15.2. The highest BCUT2D eigenvalue weighted by atomic mass is 32.2. The molecule has 5 nitrogen and oxygen atoms in total. The van der Waals surface area contributed by atoms with Crippen molar-refractivity contribution >= 4 is 50.5 Å². The van der Waals surface area contributed by atoms with E-state index in [1.807, 2.05) is 42.6 Å². The Balaban J connectivity index is 1.77. The van der Waals surface area contributed by atoms with Gasteiger partial charge in [0.2, 0.25) is 5.13 Å². The molecule has 0 unspecified atom stereocenters. The molecule has 120 valence electrons. The Kier molecular flexibility index (Phi) is 4.42. The molecule has 0 bridgehead atoms. The quantitative estimate of drug-likeness (QED) is 0.509. The lowest BCUT2D eigenvalue weighted by Gasteiger charge is -2.06. The minimum absolute atomic E-state index is 0.744. The Bertz CT molecular complexity index is 965. The second-order valence-corrected chi connectivity index (χ2v) is 7.88. The van der Waals surface area contributed by atoms with Gasteiger partial charge in [0.25, 0.3) is 0 Å². The highest BCUT2D eigenvalue weighted by molar-refractivity contribution is 8.01. The predicted molar refractivity (Wildman–Crippen MR) is 101 cm³/mol. The molecule has 0 aliphatic heterocycles. The molecule has 0 saturated heterocycles. The van der Waals surface area contributed by atoms with Crippen LogP contribution in [0.1, 0.15) is 6.92 Å². The fourth-order valence-electron chi connectivity index (χ4n) is 2.20. The lowest BCUT2D eigenvalue weighted by Crippen LogP contribution is -1.94. The van der Waals surface area contributed by atoms with E-state index in [0.29, 0.717) is 0 Å². The van der Waals surface area contributed by atoms with Gasteiger partial charge < -0.3 is 5.32 Å². The molecule has 1 N–H and O–H groups in total. The normalized spacial score (nSPS) is 11.0. The van der Waals surface area contributed by atoms with Gasteiger partial charge in [-0.2, -0.15) is 11.3 Å². The van der Waals surface area contributed by atoms with Crippen LogP contribution in [0.2, 0.25) is 0 Å². The molecule has 4 aromatic rings. The van der Waals surface area contributed by atoms with Gasteiger partial charge in [0.1, 0.15) is 5.03 Å². The first-order chi connectivity index (χ1) is 11.8. The van der Waals surface area contributed by atoms with E-state index in [1.54, 1.807) is 11.3 Å². The molecule has 0 aliphatic rings. The standard InChI is InChI=1S/C16H13N5S3/c1-2-17-15-20-21-16(24-15)23-14-11-5-3-4-6-12(11)18-13(19-14)10-7-8-22-9-10/h3-9H,2H2,1H3,(H,17,20). The number of nitrogens with one attached hydrogen (secondary N) is 1. The summed E-state index contributed by atoms with van der Waals surface area (Å²) in [4.78, 5) is 9.46. The summed E-state index contributed by atoms with van der Waals surface area (Å²) in [6.07, 6.45) is 0. The molecule has 0 amide bonds. The number of aromatic nitrogens is 4. The highest BCUT2D eigenvalue weighted by Gasteiger charge is 2.13. The number of rotatable bonds is 5. The highest BCUT2D eigenvalue weighted by Crippen LogP contribution is 2.35. The van der Waals surface area contributed by atoms with Gasteiger partial charge in [-0.25, -0.2) is 9.97 Å². The van der Waals surface area contributed by atoms with Crippen molar-refractivity contribution in [2.45, 2.75) is 16.3 Å². The Hall–Kier alpha value is -2.03. The lowest BCUT2D eigenvalue weighted by molar-refractivity contribution is 0.998. The third-order valence-electron chi connectivity index (χ3n) is 3.27. The molecule has 0 fully saturated rings. The number of para-hydroxylation sites is 1. The second-order valence-electron chi connectivity index (χ2n) is 4.89. The minimum Gasteiger partial charge on any atom is -0.360 e. The molecule has 0 aliphatic carbocycles. The number of hydrogen-bond acceptors (Lipinski definition) is 8. The van der Waals surface area contributed by atoms with Crippen molar-refractivity contribution in [3.05, 3.63) is 41.1 Å². The first kappa shape index (κ1) is 15.5. The summed E-state index contributed by atoms with van der Waals surface area (Å²) in [5.74, 6) is 0.744. The van der Waals surface area contributed by atoms with Crippen LogP contribution >= 0.6 is 34.4 Å². The topological polar surface area (TPSA) is 63.6 Å². The third kappa shape index (κ3) is 3.12. The fourth-order valence-corrected chi connectivity index (χ4v) is 4.68. The smallest absolute Gasteiger partial charge is 0.206 e. The van der Waals surface area contributed by atoms with Gasteiger partial charge in [-0.15, -0.1) is 10.2 Å². The van der Waals surface area contributed by atoms with E-state index in [1.165, 1.54) is 23.1 Å². The molecule has 24 heavy (non-hydrogen) atoms. The average Bonchev–Trinajstić information content (AvgIpc) is 3.27. The maximum atomic E-state index is 4.77. The third-order valence-corrected chi connectivity index (χ3v) is 5.89. The van der Waals surface area contributed by atoms with Crippen molar-refractivity contribution in [2.75, 3.05) is 11.9 Å². The van der Waals surface area contributed by atoms with Crippen LogP contribution in [0.4, 0.5) is 5.13 Å². The summed E-state index contributed by atoms with van der Waals surface area (Å²) in [6.45, 7) is 2.87. The number of hydrogen-bond donors (Lipinski definition) is 1. The van der Waals surface area contributed by atoms with Crippen molar-refractivity contribution in [1.82, 2.24) is 20.2 Å². The Morgan fingerprint density at radius 2 is 2.04 bits per heavy atom. The van der Waals surface area contributed by atoms with Crippen LogP contribution < -0.4 is 5.32 Å². The first-order valence-corrected chi connectivity index (χ1v) is 9.95. The maximum absolute atomic E-state index is 4.77. The van der Waals surface area contributed by atoms with E-state index in [0.717, 1.165) is 43.3 Å². The summed E-state index contributed by atoms with van der Waals surface area (Å²) in [5.41, 5.74) is 1.98. The van der Waals surface area contributed by atoms with Gasteiger partial charge in [0.05, 0.1) is 5.52 Å². The number of benzene rings is 1. The second kappa shape index (κ2) is 6.84. The number of anilines is 1. The van der Waals surface area contributed by atoms with Crippen LogP contribution in [0, 0.1) is 0 Å². The van der Waals surface area contributed by atoms with E-state index in [4.69, 9.17) is 9.97 Å². The molecule has 8 heteroatoms. The van der Waals surface area contributed by atoms with Crippen LogP contribution in [0.15, 0.2) is 50.5 Å². The first-order valence-electron chi connectivity index (χ1n) is 7.38. The number of nitrogens with zero attached hydrogens (tertiary/aromatic N) is 4. The predicted octanol–water partition coefficient (Wildman–Crippen LogP) is 4.79. The van der Waals surface area contributed by atoms with E-state index in [-0.39, 0.29) is 0 Å². The zero-order valence-electron chi connectivity index (χ0n) is 12.8. The summed E-state index contributed by atoms with van der Waals surface area (Å²) in [5, 5.41) is 18.4. The van der Waals surface area contributed by atoms with Crippen molar-refractivity contribution in [3.8, 4) is 11.4 Å². The van der Waals surface area contributed by atoms with Gasteiger partial charge in [0.15, 0.2) is 10.2 Å². The Morgan fingerprint density at radius 3 is 2.88 bits per heavy atom. The van der Waals surface area contributed by atoms with Crippen molar-refractivity contribution in [2.24, 2.45) is 0 Å². The van der Waals surface area contributed by atoms with Gasteiger partial charge in [-0.3, -0.25) is 0 Å². The molecule has 0 saturated carbocycles. The number of thiophene rings is 1. The molecule has 3 aromatic heterocycles. The van der Waals surface area contributed by atoms with Gasteiger partial charge in [-0.1, -0.05) is 29.5 Å². The maximum Gasteiger partial charge on any atom is 0.206 e. The van der Waals surface area contributed by atoms with Crippen molar-refractivity contribution in [1.29, 1.82) is 0 Å². The van der Waals surface area contributed by atoms with Crippen LogP contribution in [-0.2, 0) is 0 Å². The average molecular weight is 372 g/mol. The van der Waals surface area contributed by atoms with E-state index in [9.17, 15) is 0 Å². The van der Waals surface area contributed by atoms with Crippen LogP contribution in [0.3, 0.4) is 0 Å². The molecular formula is C16H13N5S3. The van der Waals surface area contributed by atoms with Gasteiger partial charge in [0, 0.05) is 22.9 Å². The summed E-state index contributed by atoms with van der Waals surface area (Å²) in [6, 6.07) is 10.1. The summed E-state index contributed by atoms with van der Waals surface area (Å²) >= 11 is 4.71. The molecule has 3 heterocycles. The van der Waals surface area contributed by atoms with E-state index >= 15 is 0 Å².